The first-order valence-corrected chi connectivity index (χ1v) is 11.6. The molecule has 2 aromatic carbocycles. The van der Waals surface area contributed by atoms with E-state index in [1.54, 1.807) is 37.3 Å². The Hall–Kier alpha value is -3.26. The van der Waals surface area contributed by atoms with E-state index in [0.717, 1.165) is 24.8 Å². The van der Waals surface area contributed by atoms with Gasteiger partial charge in [-0.2, -0.15) is 5.10 Å². The molecule has 0 aromatic heterocycles. The lowest BCUT2D eigenvalue weighted by atomic mass is 9.84. The van der Waals surface area contributed by atoms with Gasteiger partial charge in [0.1, 0.15) is 18.1 Å². The lowest BCUT2D eigenvalue weighted by Crippen LogP contribution is -2.46. The van der Waals surface area contributed by atoms with Crippen LogP contribution in [0.15, 0.2) is 53.6 Å². The van der Waals surface area contributed by atoms with Crippen molar-refractivity contribution in [3.63, 3.8) is 0 Å². The molecule has 0 spiro atoms. The standard InChI is InChI=1S/C26H30FN3O4/c1-33-15-14-29(26(32)19-6-5-7-19)17-25(31)30-24(18-10-12-20(34-2)13-11-18)16-23(28-30)21-8-3-4-9-22(21)27/h3-4,8-13,19,24H,5-7,14-17H2,1-2H3/t24-/m0/s1. The van der Waals surface area contributed by atoms with Gasteiger partial charge >= 0.3 is 0 Å². The molecule has 2 aromatic rings. The highest BCUT2D eigenvalue weighted by Gasteiger charge is 2.36. The van der Waals surface area contributed by atoms with Crippen molar-refractivity contribution in [2.24, 2.45) is 11.0 Å². The van der Waals surface area contributed by atoms with E-state index in [-0.39, 0.29) is 30.1 Å². The fourth-order valence-electron chi connectivity index (χ4n) is 4.30. The van der Waals surface area contributed by atoms with Crippen LogP contribution in [0.4, 0.5) is 4.39 Å². The van der Waals surface area contributed by atoms with Crippen LogP contribution in [-0.4, -0.2) is 61.4 Å². The minimum Gasteiger partial charge on any atom is -0.497 e. The monoisotopic (exact) mass is 467 g/mol. The average molecular weight is 468 g/mol. The Bertz CT molecular complexity index is 1050. The lowest BCUT2D eigenvalue weighted by molar-refractivity contribution is -0.146. The van der Waals surface area contributed by atoms with Crippen molar-refractivity contribution in [3.05, 3.63) is 65.5 Å². The lowest BCUT2D eigenvalue weighted by Gasteiger charge is -2.32. The summed E-state index contributed by atoms with van der Waals surface area (Å²) in [7, 11) is 3.16. The van der Waals surface area contributed by atoms with E-state index in [2.05, 4.69) is 5.10 Å². The van der Waals surface area contributed by atoms with Crippen LogP contribution in [0.2, 0.25) is 0 Å². The van der Waals surface area contributed by atoms with Gasteiger partial charge in [0.05, 0.1) is 25.5 Å². The Morgan fingerprint density at radius 1 is 1.12 bits per heavy atom. The van der Waals surface area contributed by atoms with Crippen molar-refractivity contribution in [2.45, 2.75) is 31.7 Å². The Morgan fingerprint density at radius 2 is 1.85 bits per heavy atom. The molecule has 0 radical (unpaired) electrons. The normalized spacial score (nSPS) is 17.8. The zero-order valence-electron chi connectivity index (χ0n) is 19.6. The summed E-state index contributed by atoms with van der Waals surface area (Å²) in [5.41, 5.74) is 1.73. The number of hydrogen-bond acceptors (Lipinski definition) is 5. The van der Waals surface area contributed by atoms with Gasteiger partial charge in [0.15, 0.2) is 0 Å². The highest BCUT2D eigenvalue weighted by molar-refractivity contribution is 6.03. The summed E-state index contributed by atoms with van der Waals surface area (Å²) in [6, 6.07) is 13.4. The van der Waals surface area contributed by atoms with Gasteiger partial charge in [-0.1, -0.05) is 36.8 Å². The van der Waals surface area contributed by atoms with E-state index in [9.17, 15) is 14.0 Å². The largest absolute Gasteiger partial charge is 0.497 e. The first-order valence-electron chi connectivity index (χ1n) is 11.6. The number of nitrogens with zero attached hydrogens (tertiary/aromatic N) is 3. The number of rotatable bonds is 9. The molecular formula is C26H30FN3O4. The van der Waals surface area contributed by atoms with E-state index < -0.39 is 6.04 Å². The predicted octanol–water partition coefficient (Wildman–Crippen LogP) is 3.79. The third-order valence-corrected chi connectivity index (χ3v) is 6.51. The van der Waals surface area contributed by atoms with Crippen molar-refractivity contribution in [1.29, 1.82) is 0 Å². The maximum Gasteiger partial charge on any atom is 0.262 e. The summed E-state index contributed by atoms with van der Waals surface area (Å²) in [6.07, 6.45) is 3.10. The van der Waals surface area contributed by atoms with Crippen molar-refractivity contribution >= 4 is 17.5 Å². The number of hydrogen-bond donors (Lipinski definition) is 0. The summed E-state index contributed by atoms with van der Waals surface area (Å²) >= 11 is 0. The summed E-state index contributed by atoms with van der Waals surface area (Å²) in [5, 5.41) is 5.95. The van der Waals surface area contributed by atoms with Crippen LogP contribution in [-0.2, 0) is 14.3 Å². The van der Waals surface area contributed by atoms with E-state index >= 15 is 0 Å². The van der Waals surface area contributed by atoms with Crippen LogP contribution in [0, 0.1) is 11.7 Å². The number of amides is 2. The van der Waals surface area contributed by atoms with Gasteiger partial charge in [0.25, 0.3) is 5.91 Å². The third kappa shape index (κ3) is 5.12. The fourth-order valence-corrected chi connectivity index (χ4v) is 4.30. The third-order valence-electron chi connectivity index (χ3n) is 6.51. The Kier molecular flexibility index (Phi) is 7.57. The number of carbonyl (C=O) groups is 2. The van der Waals surface area contributed by atoms with Gasteiger partial charge in [-0.15, -0.1) is 0 Å². The topological polar surface area (TPSA) is 71.4 Å². The summed E-state index contributed by atoms with van der Waals surface area (Å²) < 4.78 is 24.9. The molecule has 2 aliphatic rings. The minimum atomic E-state index is -0.406. The Morgan fingerprint density at radius 3 is 2.47 bits per heavy atom. The van der Waals surface area contributed by atoms with Crippen LogP contribution in [0.1, 0.15) is 42.9 Å². The Balaban J connectivity index is 1.61. The van der Waals surface area contributed by atoms with Crippen LogP contribution < -0.4 is 4.74 Å². The van der Waals surface area contributed by atoms with Crippen LogP contribution >= 0.6 is 0 Å². The van der Waals surface area contributed by atoms with E-state index in [1.807, 2.05) is 24.3 Å². The number of carbonyl (C=O) groups excluding carboxylic acids is 2. The second-order valence-corrected chi connectivity index (χ2v) is 8.64. The molecule has 0 unspecified atom stereocenters. The second kappa shape index (κ2) is 10.8. The number of methoxy groups -OCH3 is 2. The molecule has 0 N–H and O–H groups in total. The Labute approximate surface area is 199 Å². The molecular weight excluding hydrogens is 437 g/mol. The molecule has 1 aliphatic heterocycles. The number of ether oxygens (including phenoxy) is 2. The maximum atomic E-state index is 14.5. The molecule has 1 atom stereocenters. The van der Waals surface area contributed by atoms with Crippen molar-refractivity contribution in [2.75, 3.05) is 33.9 Å². The molecule has 1 heterocycles. The van der Waals surface area contributed by atoms with Gasteiger partial charge in [-0.25, -0.2) is 9.40 Å². The fraction of sp³-hybridized carbons (Fsp3) is 0.423. The molecule has 8 heteroatoms. The van der Waals surface area contributed by atoms with Crippen molar-refractivity contribution < 1.29 is 23.5 Å². The van der Waals surface area contributed by atoms with Crippen molar-refractivity contribution in [1.82, 2.24) is 9.91 Å². The first-order chi connectivity index (χ1) is 16.5. The minimum absolute atomic E-state index is 0.0184. The summed E-state index contributed by atoms with van der Waals surface area (Å²) in [4.78, 5) is 28.0. The first kappa shape index (κ1) is 23.9. The van der Waals surface area contributed by atoms with Gasteiger partial charge < -0.3 is 14.4 Å². The number of hydrazone groups is 1. The highest BCUT2D eigenvalue weighted by Crippen LogP contribution is 2.34. The van der Waals surface area contributed by atoms with Gasteiger partial charge in [0, 0.05) is 31.6 Å². The second-order valence-electron chi connectivity index (χ2n) is 8.64. The predicted molar refractivity (Wildman–Crippen MR) is 126 cm³/mol. The summed E-state index contributed by atoms with van der Waals surface area (Å²) in [6.45, 7) is 0.583. The zero-order chi connectivity index (χ0) is 24.1. The molecule has 34 heavy (non-hydrogen) atoms. The van der Waals surface area contributed by atoms with Crippen LogP contribution in [0.25, 0.3) is 0 Å². The maximum absolute atomic E-state index is 14.5. The highest BCUT2D eigenvalue weighted by atomic mass is 19.1. The number of halogens is 1. The van der Waals surface area contributed by atoms with E-state index in [4.69, 9.17) is 9.47 Å². The molecule has 2 amide bonds. The molecule has 180 valence electrons. The molecule has 1 saturated carbocycles. The smallest absolute Gasteiger partial charge is 0.262 e. The average Bonchev–Trinajstić information content (AvgIpc) is 3.26. The molecule has 1 fully saturated rings. The SMILES string of the molecule is COCCN(CC(=O)N1N=C(c2ccccc2F)C[C@H]1c1ccc(OC)cc1)C(=O)C1CCC1. The zero-order valence-corrected chi connectivity index (χ0v) is 19.6. The van der Waals surface area contributed by atoms with Gasteiger partial charge in [-0.05, 0) is 36.6 Å². The van der Waals surface area contributed by atoms with Gasteiger partial charge in [-0.3, -0.25) is 9.59 Å². The van der Waals surface area contributed by atoms with E-state index in [1.165, 1.54) is 11.1 Å². The molecule has 4 rings (SSSR count). The van der Waals surface area contributed by atoms with E-state index in [0.29, 0.717) is 36.6 Å². The van der Waals surface area contributed by atoms with Crippen molar-refractivity contribution in [3.8, 4) is 5.75 Å². The van der Waals surface area contributed by atoms with Crippen LogP contribution in [0.5, 0.6) is 5.75 Å². The number of benzene rings is 2. The molecule has 1 aliphatic carbocycles. The van der Waals surface area contributed by atoms with Gasteiger partial charge in [0.2, 0.25) is 5.91 Å². The quantitative estimate of drug-likeness (QED) is 0.563. The molecule has 0 bridgehead atoms. The van der Waals surface area contributed by atoms with Crippen LogP contribution in [0.3, 0.4) is 0 Å². The molecule has 0 saturated heterocycles. The summed E-state index contributed by atoms with van der Waals surface area (Å²) in [5.74, 6) is -0.0400. The molecule has 7 nitrogen and oxygen atoms in total.